The first-order valence-electron chi connectivity index (χ1n) is 7.46. The zero-order valence-corrected chi connectivity index (χ0v) is 14.8. The van der Waals surface area contributed by atoms with Gasteiger partial charge in [-0.05, 0) is 52.6 Å². The zero-order valence-electron chi connectivity index (χ0n) is 13.9. The molecule has 0 aliphatic rings. The van der Waals surface area contributed by atoms with Gasteiger partial charge in [-0.15, -0.1) is 0 Å². The minimum absolute atomic E-state index is 0.278. The molecule has 0 fully saturated rings. The fraction of sp³-hybridized carbons (Fsp3) is 0.688. The van der Waals surface area contributed by atoms with Crippen LogP contribution < -0.4 is 5.32 Å². The summed E-state index contributed by atoms with van der Waals surface area (Å²) in [6.07, 6.45) is 1.79. The molecule has 0 aromatic carbocycles. The lowest BCUT2D eigenvalue weighted by molar-refractivity contribution is 0.418. The molecule has 0 spiro atoms. The van der Waals surface area contributed by atoms with Gasteiger partial charge in [0, 0.05) is 16.6 Å². The highest BCUT2D eigenvalue weighted by Gasteiger charge is 2.26. The van der Waals surface area contributed by atoms with Gasteiger partial charge >= 0.3 is 0 Å². The Morgan fingerprint density at radius 2 is 1.86 bits per heavy atom. The summed E-state index contributed by atoms with van der Waals surface area (Å²) in [5, 5.41) is 13.8. The van der Waals surface area contributed by atoms with Crippen LogP contribution in [-0.4, -0.2) is 27.3 Å². The number of nitrogens with one attached hydrogen (secondary N) is 1. The Labute approximate surface area is 132 Å². The number of nitrogens with zero attached hydrogens (tertiary/aromatic N) is 3. The first-order valence-corrected chi connectivity index (χ1v) is 8.34. The van der Waals surface area contributed by atoms with Crippen molar-refractivity contribution in [2.45, 2.75) is 70.3 Å². The van der Waals surface area contributed by atoms with Gasteiger partial charge < -0.3 is 0 Å². The van der Waals surface area contributed by atoms with Crippen molar-refractivity contribution in [3.63, 3.8) is 0 Å². The Hall–Kier alpha value is -1.12. The summed E-state index contributed by atoms with van der Waals surface area (Å²) in [6, 6.07) is 2.40. The lowest BCUT2D eigenvalue weighted by atomic mass is 9.98. The van der Waals surface area contributed by atoms with E-state index < -0.39 is 5.54 Å². The monoisotopic (exact) mass is 306 g/mol. The van der Waals surface area contributed by atoms with E-state index in [1.165, 1.54) is 0 Å². The van der Waals surface area contributed by atoms with Crippen molar-refractivity contribution in [1.82, 2.24) is 15.3 Å². The van der Waals surface area contributed by atoms with Crippen LogP contribution in [0.5, 0.6) is 0 Å². The molecule has 0 bridgehead atoms. The summed E-state index contributed by atoms with van der Waals surface area (Å²) in [7, 11) is 0. The normalized spacial score (nSPS) is 15.3. The number of aryl methyl sites for hydroxylation is 2. The summed E-state index contributed by atoms with van der Waals surface area (Å²) >= 11 is 1.64. The predicted octanol–water partition coefficient (Wildman–Crippen LogP) is 3.55. The minimum atomic E-state index is -0.489. The number of rotatable bonds is 7. The first-order chi connectivity index (χ1) is 9.81. The molecule has 0 saturated carbocycles. The van der Waals surface area contributed by atoms with E-state index in [2.05, 4.69) is 35.2 Å². The van der Waals surface area contributed by atoms with Crippen molar-refractivity contribution >= 4 is 11.8 Å². The molecule has 1 aromatic heterocycles. The van der Waals surface area contributed by atoms with Crippen LogP contribution in [0.3, 0.4) is 0 Å². The highest BCUT2D eigenvalue weighted by molar-refractivity contribution is 7.99. The SMILES string of the molecule is CCCNC(C)(C#N)CC(C)Sc1nc(C)c(C)c(C)n1. The molecule has 0 aliphatic heterocycles. The Morgan fingerprint density at radius 3 is 2.33 bits per heavy atom. The van der Waals surface area contributed by atoms with E-state index in [1.807, 2.05) is 27.7 Å². The molecule has 0 amide bonds. The van der Waals surface area contributed by atoms with Crippen LogP contribution in [0, 0.1) is 32.1 Å². The summed E-state index contributed by atoms with van der Waals surface area (Å²) in [5.41, 5.74) is 2.73. The summed E-state index contributed by atoms with van der Waals surface area (Å²) in [6.45, 7) is 13.1. The second kappa shape index (κ2) is 7.77. The quantitative estimate of drug-likeness (QED) is 0.616. The van der Waals surface area contributed by atoms with E-state index in [1.54, 1.807) is 11.8 Å². The molecule has 2 unspecified atom stereocenters. The van der Waals surface area contributed by atoms with E-state index in [0.717, 1.165) is 41.5 Å². The first kappa shape index (κ1) is 17.9. The van der Waals surface area contributed by atoms with Gasteiger partial charge in [-0.3, -0.25) is 5.32 Å². The van der Waals surface area contributed by atoms with Crippen molar-refractivity contribution in [3.05, 3.63) is 17.0 Å². The maximum atomic E-state index is 9.40. The molecule has 1 rings (SSSR count). The third-order valence-electron chi connectivity index (χ3n) is 3.63. The average molecular weight is 306 g/mol. The highest BCUT2D eigenvalue weighted by atomic mass is 32.2. The predicted molar refractivity (Wildman–Crippen MR) is 88.5 cm³/mol. The molecular weight excluding hydrogens is 280 g/mol. The van der Waals surface area contributed by atoms with Gasteiger partial charge in [0.15, 0.2) is 5.16 Å². The molecule has 1 N–H and O–H groups in total. The number of nitriles is 1. The number of aromatic nitrogens is 2. The summed E-state index contributed by atoms with van der Waals surface area (Å²) in [4.78, 5) is 9.08. The Morgan fingerprint density at radius 1 is 1.29 bits per heavy atom. The molecule has 0 saturated heterocycles. The van der Waals surface area contributed by atoms with Crippen molar-refractivity contribution < 1.29 is 0 Å². The highest BCUT2D eigenvalue weighted by Crippen LogP contribution is 2.27. The summed E-state index contributed by atoms with van der Waals surface area (Å²) in [5.74, 6) is 0. The standard InChI is InChI=1S/C16H26N4S/c1-7-8-18-16(6,10-17)9-11(2)21-15-19-13(4)12(3)14(5)20-15/h11,18H,7-9H2,1-6H3. The molecule has 0 radical (unpaired) electrons. The van der Waals surface area contributed by atoms with Crippen molar-refractivity contribution in [1.29, 1.82) is 5.26 Å². The van der Waals surface area contributed by atoms with E-state index in [9.17, 15) is 5.26 Å². The molecule has 21 heavy (non-hydrogen) atoms. The molecule has 0 aliphatic carbocycles. The van der Waals surface area contributed by atoms with E-state index >= 15 is 0 Å². The minimum Gasteiger partial charge on any atom is -0.300 e. The molecule has 2 atom stereocenters. The van der Waals surface area contributed by atoms with Crippen LogP contribution in [-0.2, 0) is 0 Å². The van der Waals surface area contributed by atoms with Crippen LogP contribution in [0.25, 0.3) is 0 Å². The second-order valence-electron chi connectivity index (χ2n) is 5.81. The Kier molecular flexibility index (Phi) is 6.63. The fourth-order valence-corrected chi connectivity index (χ4v) is 3.30. The molecule has 1 aromatic rings. The molecule has 1 heterocycles. The fourth-order valence-electron chi connectivity index (χ4n) is 2.15. The second-order valence-corrected chi connectivity index (χ2v) is 7.21. The maximum Gasteiger partial charge on any atom is 0.188 e. The van der Waals surface area contributed by atoms with Gasteiger partial charge in [-0.2, -0.15) is 5.26 Å². The van der Waals surface area contributed by atoms with Crippen molar-refractivity contribution in [3.8, 4) is 6.07 Å². The lowest BCUT2D eigenvalue weighted by Gasteiger charge is -2.26. The molecule has 5 heteroatoms. The van der Waals surface area contributed by atoms with Gasteiger partial charge in [0.2, 0.25) is 0 Å². The molecule has 4 nitrogen and oxygen atoms in total. The van der Waals surface area contributed by atoms with Gasteiger partial charge in [0.1, 0.15) is 5.54 Å². The maximum absolute atomic E-state index is 9.40. The van der Waals surface area contributed by atoms with Crippen LogP contribution in [0.15, 0.2) is 5.16 Å². The van der Waals surface area contributed by atoms with Crippen LogP contribution in [0.4, 0.5) is 0 Å². The van der Waals surface area contributed by atoms with E-state index in [0.29, 0.717) is 0 Å². The zero-order chi connectivity index (χ0) is 16.0. The topological polar surface area (TPSA) is 61.6 Å². The van der Waals surface area contributed by atoms with Crippen LogP contribution >= 0.6 is 11.8 Å². The lowest BCUT2D eigenvalue weighted by Crippen LogP contribution is -2.43. The van der Waals surface area contributed by atoms with E-state index in [-0.39, 0.29) is 5.25 Å². The van der Waals surface area contributed by atoms with Gasteiger partial charge in [-0.1, -0.05) is 25.6 Å². The third kappa shape index (κ3) is 5.29. The smallest absolute Gasteiger partial charge is 0.188 e. The number of hydrogen-bond acceptors (Lipinski definition) is 5. The van der Waals surface area contributed by atoms with Gasteiger partial charge in [0.25, 0.3) is 0 Å². The Balaban J connectivity index is 2.73. The van der Waals surface area contributed by atoms with Crippen LogP contribution in [0.2, 0.25) is 0 Å². The van der Waals surface area contributed by atoms with Crippen LogP contribution in [0.1, 0.15) is 50.6 Å². The average Bonchev–Trinajstić information content (AvgIpc) is 2.42. The summed E-state index contributed by atoms with van der Waals surface area (Å²) < 4.78 is 0. The van der Waals surface area contributed by atoms with Gasteiger partial charge in [0.05, 0.1) is 6.07 Å². The number of thioether (sulfide) groups is 1. The largest absolute Gasteiger partial charge is 0.300 e. The van der Waals surface area contributed by atoms with Gasteiger partial charge in [-0.25, -0.2) is 9.97 Å². The third-order valence-corrected chi connectivity index (χ3v) is 4.59. The van der Waals surface area contributed by atoms with Crippen molar-refractivity contribution in [2.75, 3.05) is 6.54 Å². The van der Waals surface area contributed by atoms with Crippen molar-refractivity contribution in [2.24, 2.45) is 0 Å². The number of hydrogen-bond donors (Lipinski definition) is 1. The Bertz CT molecular complexity index is 500. The molecule has 116 valence electrons. The molecular formula is C16H26N4S. The van der Waals surface area contributed by atoms with E-state index in [4.69, 9.17) is 0 Å².